The van der Waals surface area contributed by atoms with E-state index in [2.05, 4.69) is 30.0 Å². The van der Waals surface area contributed by atoms with Gasteiger partial charge in [-0.05, 0) is 39.2 Å². The van der Waals surface area contributed by atoms with Crippen LogP contribution in [0.2, 0.25) is 0 Å². The summed E-state index contributed by atoms with van der Waals surface area (Å²) in [7, 11) is 0. The number of carbonyl (C=O) groups is 1. The first kappa shape index (κ1) is 18.0. The number of rotatable bonds is 4. The molecule has 3 aromatic rings. The predicted molar refractivity (Wildman–Crippen MR) is 105 cm³/mol. The van der Waals surface area contributed by atoms with Gasteiger partial charge in [-0.25, -0.2) is 9.97 Å². The van der Waals surface area contributed by atoms with Gasteiger partial charge in [-0.2, -0.15) is 0 Å². The zero-order valence-corrected chi connectivity index (χ0v) is 16.8. The molecule has 0 atom stereocenters. The van der Waals surface area contributed by atoms with Crippen LogP contribution >= 0.6 is 11.3 Å². The largest absolute Gasteiger partial charge is 0.351 e. The number of aryl methyl sites for hydroxylation is 4. The Labute approximate surface area is 162 Å². The zero-order chi connectivity index (χ0) is 19.0. The van der Waals surface area contributed by atoms with Crippen molar-refractivity contribution in [2.24, 2.45) is 0 Å². The van der Waals surface area contributed by atoms with Gasteiger partial charge >= 0.3 is 0 Å². The Hall–Kier alpha value is -2.35. The SMILES string of the molecule is Cc1nc(C)c2c(C)c(C(=O)NCCc3nnc4n3CCCCC4)sc2n1. The van der Waals surface area contributed by atoms with Crippen molar-refractivity contribution in [2.45, 2.75) is 59.4 Å². The second kappa shape index (κ2) is 7.34. The number of nitrogens with one attached hydrogen (secondary N) is 1. The molecule has 0 fully saturated rings. The molecular weight excluding hydrogens is 360 g/mol. The lowest BCUT2D eigenvalue weighted by Crippen LogP contribution is -2.26. The monoisotopic (exact) mass is 384 g/mol. The van der Waals surface area contributed by atoms with E-state index in [1.54, 1.807) is 0 Å². The van der Waals surface area contributed by atoms with Crippen molar-refractivity contribution >= 4 is 27.5 Å². The van der Waals surface area contributed by atoms with Gasteiger partial charge in [0.1, 0.15) is 22.3 Å². The van der Waals surface area contributed by atoms with Crippen LogP contribution in [-0.2, 0) is 19.4 Å². The molecular formula is C19H24N6OS. The van der Waals surface area contributed by atoms with Gasteiger partial charge in [0.15, 0.2) is 0 Å². The second-order valence-corrected chi connectivity index (χ2v) is 8.09. The normalized spacial score (nSPS) is 14.2. The summed E-state index contributed by atoms with van der Waals surface area (Å²) < 4.78 is 2.23. The lowest BCUT2D eigenvalue weighted by molar-refractivity contribution is 0.0957. The van der Waals surface area contributed by atoms with Gasteiger partial charge in [0.05, 0.1) is 4.88 Å². The summed E-state index contributed by atoms with van der Waals surface area (Å²) in [5.41, 5.74) is 1.89. The van der Waals surface area contributed by atoms with Crippen LogP contribution in [-0.4, -0.2) is 37.2 Å². The van der Waals surface area contributed by atoms with Crippen molar-refractivity contribution in [3.05, 3.63) is 33.6 Å². The molecule has 0 aliphatic carbocycles. The lowest BCUT2D eigenvalue weighted by Gasteiger charge is -2.08. The minimum atomic E-state index is -0.0526. The summed E-state index contributed by atoms with van der Waals surface area (Å²) in [6, 6.07) is 0. The highest BCUT2D eigenvalue weighted by atomic mass is 32.1. The van der Waals surface area contributed by atoms with Gasteiger partial charge in [-0.15, -0.1) is 21.5 Å². The minimum Gasteiger partial charge on any atom is -0.351 e. The Morgan fingerprint density at radius 1 is 1.15 bits per heavy atom. The first-order valence-corrected chi connectivity index (χ1v) is 10.3. The maximum absolute atomic E-state index is 12.7. The van der Waals surface area contributed by atoms with E-state index in [0.29, 0.717) is 17.8 Å². The number of hydrogen-bond donors (Lipinski definition) is 1. The quantitative estimate of drug-likeness (QED) is 0.747. The van der Waals surface area contributed by atoms with Gasteiger partial charge in [0.25, 0.3) is 5.91 Å². The number of nitrogens with zero attached hydrogens (tertiary/aromatic N) is 5. The number of aromatic nitrogens is 5. The highest BCUT2D eigenvalue weighted by molar-refractivity contribution is 7.20. The van der Waals surface area contributed by atoms with E-state index in [0.717, 1.165) is 51.9 Å². The molecule has 142 valence electrons. The van der Waals surface area contributed by atoms with Crippen LogP contribution in [0.25, 0.3) is 10.2 Å². The highest BCUT2D eigenvalue weighted by Crippen LogP contribution is 2.31. The van der Waals surface area contributed by atoms with Crippen molar-refractivity contribution in [1.82, 2.24) is 30.0 Å². The number of amides is 1. The number of hydrogen-bond acceptors (Lipinski definition) is 6. The van der Waals surface area contributed by atoms with E-state index in [-0.39, 0.29) is 5.91 Å². The van der Waals surface area contributed by atoms with Crippen LogP contribution in [0.3, 0.4) is 0 Å². The molecule has 7 nitrogen and oxygen atoms in total. The van der Waals surface area contributed by atoms with E-state index in [4.69, 9.17) is 0 Å². The number of fused-ring (bicyclic) bond motifs is 2. The van der Waals surface area contributed by atoms with Gasteiger partial charge in [-0.1, -0.05) is 6.42 Å². The van der Waals surface area contributed by atoms with Crippen LogP contribution in [0, 0.1) is 20.8 Å². The molecule has 0 saturated carbocycles. The molecule has 1 N–H and O–H groups in total. The first-order valence-electron chi connectivity index (χ1n) is 9.48. The van der Waals surface area contributed by atoms with E-state index < -0.39 is 0 Å². The standard InChI is InChI=1S/C19H24N6OS/c1-11-16-12(2)21-13(3)22-19(16)27-17(11)18(26)20-9-8-15-24-23-14-7-5-4-6-10-25(14)15/h4-10H2,1-3H3,(H,20,26). The van der Waals surface area contributed by atoms with Crippen molar-refractivity contribution in [2.75, 3.05) is 6.54 Å². The number of carbonyl (C=O) groups excluding carboxylic acids is 1. The molecule has 4 rings (SSSR count). The molecule has 1 aliphatic heterocycles. The molecule has 27 heavy (non-hydrogen) atoms. The smallest absolute Gasteiger partial charge is 0.261 e. The summed E-state index contributed by atoms with van der Waals surface area (Å²) in [5.74, 6) is 2.74. The summed E-state index contributed by atoms with van der Waals surface area (Å²) >= 11 is 1.44. The summed E-state index contributed by atoms with van der Waals surface area (Å²) in [4.78, 5) is 23.2. The van der Waals surface area contributed by atoms with Crippen LogP contribution in [0.5, 0.6) is 0 Å². The van der Waals surface area contributed by atoms with Crippen LogP contribution in [0.15, 0.2) is 0 Å². The molecule has 0 aromatic carbocycles. The molecule has 0 unspecified atom stereocenters. The van der Waals surface area contributed by atoms with Crippen molar-refractivity contribution in [3.8, 4) is 0 Å². The van der Waals surface area contributed by atoms with Crippen LogP contribution in [0.1, 0.15) is 57.7 Å². The third-order valence-corrected chi connectivity index (χ3v) is 6.29. The minimum absolute atomic E-state index is 0.0526. The maximum Gasteiger partial charge on any atom is 0.261 e. The van der Waals surface area contributed by atoms with Crippen LogP contribution in [0.4, 0.5) is 0 Å². The van der Waals surface area contributed by atoms with Crippen molar-refractivity contribution < 1.29 is 4.79 Å². The van der Waals surface area contributed by atoms with Crippen LogP contribution < -0.4 is 5.32 Å². The second-order valence-electron chi connectivity index (χ2n) is 7.09. The third-order valence-electron chi connectivity index (χ3n) is 5.11. The Kier molecular flexibility index (Phi) is 4.90. The fourth-order valence-corrected chi connectivity index (χ4v) is 4.98. The van der Waals surface area contributed by atoms with E-state index >= 15 is 0 Å². The Morgan fingerprint density at radius 3 is 2.85 bits per heavy atom. The fourth-order valence-electron chi connectivity index (χ4n) is 3.79. The molecule has 1 aliphatic rings. The van der Waals surface area contributed by atoms with Crippen molar-refractivity contribution in [1.29, 1.82) is 0 Å². The topological polar surface area (TPSA) is 85.6 Å². The average molecular weight is 385 g/mol. The van der Waals surface area contributed by atoms with Gasteiger partial charge in [0.2, 0.25) is 0 Å². The Balaban J connectivity index is 1.46. The van der Waals surface area contributed by atoms with Gasteiger partial charge in [0, 0.05) is 37.0 Å². The first-order chi connectivity index (χ1) is 13.0. The fraction of sp³-hybridized carbons (Fsp3) is 0.526. The summed E-state index contributed by atoms with van der Waals surface area (Å²) in [5, 5.41) is 12.7. The lowest BCUT2D eigenvalue weighted by atomic mass is 10.1. The molecule has 0 spiro atoms. The molecule has 4 heterocycles. The Morgan fingerprint density at radius 2 is 2.00 bits per heavy atom. The Bertz CT molecular complexity index is 1010. The van der Waals surface area contributed by atoms with E-state index in [9.17, 15) is 4.79 Å². The molecule has 1 amide bonds. The maximum atomic E-state index is 12.7. The number of thiophene rings is 1. The van der Waals surface area contributed by atoms with Gasteiger partial charge in [-0.3, -0.25) is 4.79 Å². The molecule has 0 saturated heterocycles. The average Bonchev–Trinajstić information content (AvgIpc) is 3.06. The zero-order valence-electron chi connectivity index (χ0n) is 16.0. The third kappa shape index (κ3) is 3.45. The molecule has 8 heteroatoms. The highest BCUT2D eigenvalue weighted by Gasteiger charge is 2.19. The van der Waals surface area contributed by atoms with Crippen molar-refractivity contribution in [3.63, 3.8) is 0 Å². The van der Waals surface area contributed by atoms with Gasteiger partial charge < -0.3 is 9.88 Å². The molecule has 0 radical (unpaired) electrons. The van der Waals surface area contributed by atoms with E-state index in [1.165, 1.54) is 30.6 Å². The predicted octanol–water partition coefficient (Wildman–Crippen LogP) is 2.91. The molecule has 0 bridgehead atoms. The summed E-state index contributed by atoms with van der Waals surface area (Å²) in [6.45, 7) is 7.35. The summed E-state index contributed by atoms with van der Waals surface area (Å²) in [6.07, 6.45) is 5.29. The van der Waals surface area contributed by atoms with E-state index in [1.807, 2.05) is 20.8 Å². The molecule has 3 aromatic heterocycles.